The van der Waals surface area contributed by atoms with Crippen molar-refractivity contribution in [3.05, 3.63) is 35.4 Å². The van der Waals surface area contributed by atoms with Gasteiger partial charge in [0.05, 0.1) is 5.92 Å². The minimum atomic E-state index is -0.872. The van der Waals surface area contributed by atoms with Gasteiger partial charge in [-0.1, -0.05) is 6.07 Å². The molecule has 1 aromatic rings. The highest BCUT2D eigenvalue weighted by Gasteiger charge is 2.30. The molecule has 6 nitrogen and oxygen atoms in total. The van der Waals surface area contributed by atoms with Crippen molar-refractivity contribution in [2.75, 3.05) is 26.2 Å². The molecule has 2 unspecified atom stereocenters. The number of likely N-dealkylation sites (tertiary alicyclic amines) is 2. The second kappa shape index (κ2) is 8.65. The molecule has 1 aromatic carbocycles. The van der Waals surface area contributed by atoms with Crippen molar-refractivity contribution in [2.45, 2.75) is 38.3 Å². The number of halogens is 2. The molecule has 3 rings (SSSR count). The maximum absolute atomic E-state index is 13.9. The minimum Gasteiger partial charge on any atom is -0.481 e. The van der Waals surface area contributed by atoms with Gasteiger partial charge in [-0.3, -0.25) is 9.69 Å². The van der Waals surface area contributed by atoms with Crippen LogP contribution in [0, 0.1) is 17.6 Å². The number of amides is 2. The van der Waals surface area contributed by atoms with E-state index in [1.807, 2.05) is 4.90 Å². The maximum atomic E-state index is 13.9. The first-order valence-electron chi connectivity index (χ1n) is 9.37. The predicted molar refractivity (Wildman–Crippen MR) is 95.1 cm³/mol. The first-order valence-corrected chi connectivity index (χ1v) is 9.37. The molecule has 148 valence electrons. The summed E-state index contributed by atoms with van der Waals surface area (Å²) in [4.78, 5) is 27.1. The van der Waals surface area contributed by atoms with E-state index in [-0.39, 0.29) is 30.7 Å². The third-order valence-corrected chi connectivity index (χ3v) is 5.33. The smallest absolute Gasteiger partial charge is 0.317 e. The van der Waals surface area contributed by atoms with Crippen LogP contribution < -0.4 is 5.32 Å². The van der Waals surface area contributed by atoms with E-state index in [0.29, 0.717) is 32.5 Å². The number of carbonyl (C=O) groups excluding carboxylic acids is 1. The molecule has 0 aliphatic carbocycles. The Morgan fingerprint density at radius 1 is 1.11 bits per heavy atom. The molecular formula is C19H25F2N3O3. The van der Waals surface area contributed by atoms with Gasteiger partial charge in [0, 0.05) is 37.8 Å². The summed E-state index contributed by atoms with van der Waals surface area (Å²) in [6, 6.07) is 3.46. The number of aliphatic carboxylic acids is 1. The number of urea groups is 1. The van der Waals surface area contributed by atoms with E-state index in [1.54, 1.807) is 4.90 Å². The van der Waals surface area contributed by atoms with E-state index in [4.69, 9.17) is 5.11 Å². The van der Waals surface area contributed by atoms with E-state index < -0.39 is 23.5 Å². The van der Waals surface area contributed by atoms with E-state index in [9.17, 15) is 18.4 Å². The summed E-state index contributed by atoms with van der Waals surface area (Å²) in [7, 11) is 0. The van der Waals surface area contributed by atoms with Gasteiger partial charge >= 0.3 is 12.0 Å². The number of hydrogen-bond donors (Lipinski definition) is 2. The fourth-order valence-corrected chi connectivity index (χ4v) is 3.85. The average Bonchev–Trinajstić information content (AvgIpc) is 2.65. The summed E-state index contributed by atoms with van der Waals surface area (Å²) in [5.41, 5.74) is 0.0461. The number of nitrogens with one attached hydrogen (secondary N) is 1. The average molecular weight is 381 g/mol. The third kappa shape index (κ3) is 4.94. The van der Waals surface area contributed by atoms with Gasteiger partial charge in [-0.05, 0) is 44.4 Å². The van der Waals surface area contributed by atoms with Gasteiger partial charge in [-0.25, -0.2) is 13.6 Å². The third-order valence-electron chi connectivity index (χ3n) is 5.33. The van der Waals surface area contributed by atoms with Gasteiger partial charge in [0.1, 0.15) is 11.6 Å². The molecule has 2 amide bonds. The molecule has 0 spiro atoms. The van der Waals surface area contributed by atoms with Crippen LogP contribution in [0.4, 0.5) is 13.6 Å². The molecular weight excluding hydrogens is 356 g/mol. The van der Waals surface area contributed by atoms with Gasteiger partial charge < -0.3 is 15.3 Å². The Morgan fingerprint density at radius 3 is 2.52 bits per heavy atom. The summed E-state index contributed by atoms with van der Waals surface area (Å²) in [5, 5.41) is 12.1. The zero-order chi connectivity index (χ0) is 19.4. The summed E-state index contributed by atoms with van der Waals surface area (Å²) in [6.07, 6.45) is 2.87. The van der Waals surface area contributed by atoms with Crippen LogP contribution in [0.1, 0.15) is 31.2 Å². The monoisotopic (exact) mass is 381 g/mol. The molecule has 2 heterocycles. The molecule has 8 heteroatoms. The maximum Gasteiger partial charge on any atom is 0.317 e. The number of hydrogen-bond acceptors (Lipinski definition) is 3. The van der Waals surface area contributed by atoms with Crippen molar-refractivity contribution < 1.29 is 23.5 Å². The van der Waals surface area contributed by atoms with Crippen molar-refractivity contribution in [1.82, 2.24) is 15.1 Å². The number of piperidine rings is 2. The number of rotatable bonds is 4. The van der Waals surface area contributed by atoms with Crippen LogP contribution in [-0.2, 0) is 11.3 Å². The van der Waals surface area contributed by atoms with Crippen molar-refractivity contribution in [1.29, 1.82) is 0 Å². The van der Waals surface area contributed by atoms with Crippen molar-refractivity contribution in [3.8, 4) is 0 Å². The molecule has 2 fully saturated rings. The van der Waals surface area contributed by atoms with Crippen LogP contribution >= 0.6 is 0 Å². The summed E-state index contributed by atoms with van der Waals surface area (Å²) in [5.74, 6) is -2.51. The Hall–Kier alpha value is -2.22. The highest BCUT2D eigenvalue weighted by Crippen LogP contribution is 2.20. The van der Waals surface area contributed by atoms with Crippen LogP contribution in [-0.4, -0.2) is 59.1 Å². The Bertz CT molecular complexity index is 681. The van der Waals surface area contributed by atoms with Crippen LogP contribution in [0.25, 0.3) is 0 Å². The van der Waals surface area contributed by atoms with Crippen molar-refractivity contribution in [3.63, 3.8) is 0 Å². The van der Waals surface area contributed by atoms with E-state index in [0.717, 1.165) is 12.8 Å². The van der Waals surface area contributed by atoms with E-state index in [2.05, 4.69) is 5.32 Å². The van der Waals surface area contributed by atoms with Crippen LogP contribution in [0.2, 0.25) is 0 Å². The van der Waals surface area contributed by atoms with Gasteiger partial charge in [-0.15, -0.1) is 0 Å². The Balaban J connectivity index is 1.55. The lowest BCUT2D eigenvalue weighted by Crippen LogP contribution is -2.53. The summed E-state index contributed by atoms with van der Waals surface area (Å²) < 4.78 is 27.7. The first kappa shape index (κ1) is 19.5. The Labute approximate surface area is 157 Å². The fraction of sp³-hybridized carbons (Fsp3) is 0.579. The van der Waals surface area contributed by atoms with Crippen molar-refractivity contribution in [2.24, 2.45) is 5.92 Å². The number of carboxylic acid groups (broad SMARTS) is 1. The van der Waals surface area contributed by atoms with Gasteiger partial charge in [0.15, 0.2) is 0 Å². The predicted octanol–water partition coefficient (Wildman–Crippen LogP) is 2.44. The minimum absolute atomic E-state index is 0.0461. The molecule has 0 bridgehead atoms. The molecule has 0 radical (unpaired) electrons. The number of benzene rings is 1. The molecule has 0 saturated carbocycles. The normalized spacial score (nSPS) is 23.9. The second-order valence-corrected chi connectivity index (χ2v) is 7.35. The molecule has 2 N–H and O–H groups in total. The Kier molecular flexibility index (Phi) is 6.26. The Morgan fingerprint density at radius 2 is 1.81 bits per heavy atom. The highest BCUT2D eigenvalue weighted by atomic mass is 19.1. The van der Waals surface area contributed by atoms with Gasteiger partial charge in [-0.2, -0.15) is 0 Å². The van der Waals surface area contributed by atoms with Crippen LogP contribution in [0.5, 0.6) is 0 Å². The van der Waals surface area contributed by atoms with E-state index >= 15 is 0 Å². The zero-order valence-electron chi connectivity index (χ0n) is 15.2. The topological polar surface area (TPSA) is 72.9 Å². The van der Waals surface area contributed by atoms with Crippen LogP contribution in [0.3, 0.4) is 0 Å². The summed E-state index contributed by atoms with van der Waals surface area (Å²) >= 11 is 0. The van der Waals surface area contributed by atoms with Gasteiger partial charge in [0.2, 0.25) is 0 Å². The molecule has 0 aromatic heterocycles. The van der Waals surface area contributed by atoms with Gasteiger partial charge in [0.25, 0.3) is 0 Å². The van der Waals surface area contributed by atoms with Crippen molar-refractivity contribution >= 4 is 12.0 Å². The highest BCUT2D eigenvalue weighted by molar-refractivity contribution is 5.76. The number of carboxylic acids is 1. The lowest BCUT2D eigenvalue weighted by molar-refractivity contribution is -0.143. The molecule has 2 aliphatic rings. The van der Waals surface area contributed by atoms with Crippen LogP contribution in [0.15, 0.2) is 18.2 Å². The first-order chi connectivity index (χ1) is 12.9. The molecule has 2 aliphatic heterocycles. The number of carbonyl (C=O) groups is 2. The summed E-state index contributed by atoms with van der Waals surface area (Å²) in [6.45, 7) is 2.15. The zero-order valence-corrected chi connectivity index (χ0v) is 15.2. The molecule has 27 heavy (non-hydrogen) atoms. The molecule has 2 atom stereocenters. The number of nitrogens with zero attached hydrogens (tertiary/aromatic N) is 2. The molecule has 2 saturated heterocycles. The quantitative estimate of drug-likeness (QED) is 0.840. The lowest BCUT2D eigenvalue weighted by atomic mass is 9.98. The largest absolute Gasteiger partial charge is 0.481 e. The SMILES string of the molecule is O=C(O)C1CCCN(C(=O)NC2CCCN(Cc3c(F)cccc3F)C2)C1. The second-order valence-electron chi connectivity index (χ2n) is 7.35. The standard InChI is InChI=1S/C19H25F2N3O3/c20-16-6-1-7-17(21)15(16)12-23-8-3-5-14(11-23)22-19(27)24-9-2-4-13(10-24)18(25)26/h1,6-7,13-14H,2-5,8-12H2,(H,22,27)(H,25,26). The lowest BCUT2D eigenvalue weighted by Gasteiger charge is -2.36. The fourth-order valence-electron chi connectivity index (χ4n) is 3.85. The van der Waals surface area contributed by atoms with E-state index in [1.165, 1.54) is 18.2 Å².